The molecule has 1 aliphatic rings. The lowest BCUT2D eigenvalue weighted by atomic mass is 10.2. The number of hydrogen-bond donors (Lipinski definition) is 1. The van der Waals surface area contributed by atoms with Crippen LogP contribution in [0.1, 0.15) is 6.92 Å². The number of nitriles is 1. The molecule has 0 bridgehead atoms. The largest absolute Gasteiger partial charge is 0.478 e. The first-order chi connectivity index (χ1) is 7.11. The summed E-state index contributed by atoms with van der Waals surface area (Å²) in [4.78, 5) is 12.4. The first-order valence-corrected chi connectivity index (χ1v) is 4.75. The van der Waals surface area contributed by atoms with E-state index >= 15 is 0 Å². The standard InChI is InChI=1S/C10H14N2O3/c1-8(4-10(13)14)6-12-2-3-15-9(5-11)7-12/h4,9H,2-3,6-7H2,1H3,(H,13,14). The maximum absolute atomic E-state index is 10.4. The van der Waals surface area contributed by atoms with Crippen LogP contribution in [-0.4, -0.2) is 48.3 Å². The normalized spacial score (nSPS) is 23.5. The average molecular weight is 210 g/mol. The molecule has 15 heavy (non-hydrogen) atoms. The second-order valence-electron chi connectivity index (χ2n) is 3.55. The topological polar surface area (TPSA) is 73.6 Å². The molecule has 0 aliphatic carbocycles. The van der Waals surface area contributed by atoms with Gasteiger partial charge in [-0.2, -0.15) is 5.26 Å². The van der Waals surface area contributed by atoms with Gasteiger partial charge in [-0.15, -0.1) is 0 Å². The lowest BCUT2D eigenvalue weighted by molar-refractivity contribution is -0.131. The smallest absolute Gasteiger partial charge is 0.328 e. The molecule has 1 saturated heterocycles. The van der Waals surface area contributed by atoms with Crippen LogP contribution in [0.5, 0.6) is 0 Å². The minimum Gasteiger partial charge on any atom is -0.478 e. The van der Waals surface area contributed by atoms with Gasteiger partial charge in [-0.05, 0) is 6.92 Å². The Bertz CT molecular complexity index is 306. The van der Waals surface area contributed by atoms with Crippen molar-refractivity contribution in [2.45, 2.75) is 13.0 Å². The van der Waals surface area contributed by atoms with E-state index in [1.165, 1.54) is 6.08 Å². The number of ether oxygens (including phenoxy) is 1. The Morgan fingerprint density at radius 1 is 1.80 bits per heavy atom. The van der Waals surface area contributed by atoms with Crippen LogP contribution < -0.4 is 0 Å². The number of carboxylic acid groups (broad SMARTS) is 1. The third kappa shape index (κ3) is 4.11. The van der Waals surface area contributed by atoms with Crippen LogP contribution in [0, 0.1) is 11.3 Å². The Hall–Kier alpha value is -1.38. The second-order valence-corrected chi connectivity index (χ2v) is 3.55. The predicted molar refractivity (Wildman–Crippen MR) is 53.2 cm³/mol. The molecule has 1 aliphatic heterocycles. The number of morpholine rings is 1. The number of rotatable bonds is 3. The molecular formula is C10H14N2O3. The Kier molecular flexibility index (Phi) is 4.28. The third-order valence-electron chi connectivity index (χ3n) is 2.14. The summed E-state index contributed by atoms with van der Waals surface area (Å²) in [7, 11) is 0. The molecule has 0 aromatic carbocycles. The van der Waals surface area contributed by atoms with Crippen molar-refractivity contribution in [1.82, 2.24) is 4.90 Å². The molecule has 1 heterocycles. The highest BCUT2D eigenvalue weighted by atomic mass is 16.5. The van der Waals surface area contributed by atoms with Crippen LogP contribution in [0.3, 0.4) is 0 Å². The van der Waals surface area contributed by atoms with Gasteiger partial charge in [-0.1, -0.05) is 5.57 Å². The van der Waals surface area contributed by atoms with Crippen LogP contribution >= 0.6 is 0 Å². The van der Waals surface area contributed by atoms with Crippen LogP contribution in [0.4, 0.5) is 0 Å². The zero-order valence-corrected chi connectivity index (χ0v) is 8.64. The highest BCUT2D eigenvalue weighted by Gasteiger charge is 2.19. The van der Waals surface area contributed by atoms with E-state index in [1.807, 2.05) is 11.0 Å². The number of hydrogen-bond acceptors (Lipinski definition) is 4. The van der Waals surface area contributed by atoms with Crippen molar-refractivity contribution >= 4 is 5.97 Å². The molecule has 0 amide bonds. The monoisotopic (exact) mass is 210 g/mol. The summed E-state index contributed by atoms with van der Waals surface area (Å²) in [5, 5.41) is 17.2. The second kappa shape index (κ2) is 5.49. The lowest BCUT2D eigenvalue weighted by Crippen LogP contribution is -2.42. The highest BCUT2D eigenvalue weighted by Crippen LogP contribution is 2.06. The zero-order chi connectivity index (χ0) is 11.3. The Labute approximate surface area is 88.6 Å². The molecule has 1 fully saturated rings. The molecule has 5 nitrogen and oxygen atoms in total. The van der Waals surface area contributed by atoms with E-state index in [-0.39, 0.29) is 0 Å². The fraction of sp³-hybridized carbons (Fsp3) is 0.600. The van der Waals surface area contributed by atoms with Gasteiger partial charge in [-0.25, -0.2) is 4.79 Å². The van der Waals surface area contributed by atoms with Crippen molar-refractivity contribution in [3.63, 3.8) is 0 Å². The summed E-state index contributed by atoms with van der Waals surface area (Å²) in [6.45, 7) is 4.15. The maximum atomic E-state index is 10.4. The fourth-order valence-electron chi connectivity index (χ4n) is 1.53. The van der Waals surface area contributed by atoms with E-state index in [0.717, 1.165) is 12.1 Å². The van der Waals surface area contributed by atoms with Crippen molar-refractivity contribution in [3.05, 3.63) is 11.6 Å². The van der Waals surface area contributed by atoms with E-state index in [9.17, 15) is 4.79 Å². The molecule has 0 aromatic rings. The minimum absolute atomic E-state index is 0.392. The van der Waals surface area contributed by atoms with Crippen molar-refractivity contribution in [2.24, 2.45) is 0 Å². The van der Waals surface area contributed by atoms with Gasteiger partial charge in [0.25, 0.3) is 0 Å². The van der Waals surface area contributed by atoms with E-state index in [4.69, 9.17) is 15.1 Å². The molecule has 1 N–H and O–H groups in total. The molecule has 1 rings (SSSR count). The highest BCUT2D eigenvalue weighted by molar-refractivity contribution is 5.80. The van der Waals surface area contributed by atoms with E-state index < -0.39 is 12.1 Å². The van der Waals surface area contributed by atoms with Crippen molar-refractivity contribution in [3.8, 4) is 6.07 Å². The predicted octanol–water partition coefficient (Wildman–Crippen LogP) is 0.242. The number of carbonyl (C=O) groups is 1. The average Bonchev–Trinajstić information content (AvgIpc) is 2.16. The first kappa shape index (κ1) is 11.7. The molecule has 82 valence electrons. The molecule has 5 heteroatoms. The van der Waals surface area contributed by atoms with Gasteiger partial charge in [-0.3, -0.25) is 4.90 Å². The van der Waals surface area contributed by atoms with Crippen molar-refractivity contribution in [2.75, 3.05) is 26.2 Å². The van der Waals surface area contributed by atoms with E-state index in [0.29, 0.717) is 19.7 Å². The molecule has 1 unspecified atom stereocenters. The summed E-state index contributed by atoms with van der Waals surface area (Å²) >= 11 is 0. The van der Waals surface area contributed by atoms with Gasteiger partial charge in [0, 0.05) is 25.7 Å². The van der Waals surface area contributed by atoms with Gasteiger partial charge in [0.1, 0.15) is 0 Å². The Morgan fingerprint density at radius 2 is 2.53 bits per heavy atom. The summed E-state index contributed by atoms with van der Waals surface area (Å²) < 4.78 is 5.18. The maximum Gasteiger partial charge on any atom is 0.328 e. The molecule has 0 spiro atoms. The summed E-state index contributed by atoms with van der Waals surface area (Å²) in [6, 6.07) is 2.05. The zero-order valence-electron chi connectivity index (χ0n) is 8.64. The van der Waals surface area contributed by atoms with Crippen molar-refractivity contribution in [1.29, 1.82) is 5.26 Å². The van der Waals surface area contributed by atoms with E-state index in [1.54, 1.807) is 6.92 Å². The Morgan fingerprint density at radius 3 is 3.13 bits per heavy atom. The molecule has 0 saturated carbocycles. The van der Waals surface area contributed by atoms with Crippen LogP contribution in [0.25, 0.3) is 0 Å². The number of aliphatic carboxylic acids is 1. The van der Waals surface area contributed by atoms with Gasteiger partial charge in [0.2, 0.25) is 0 Å². The summed E-state index contributed by atoms with van der Waals surface area (Å²) in [6.07, 6.45) is 0.799. The van der Waals surface area contributed by atoms with Gasteiger partial charge >= 0.3 is 5.97 Å². The summed E-state index contributed by atoms with van der Waals surface area (Å²) in [5.74, 6) is -0.933. The van der Waals surface area contributed by atoms with Crippen LogP contribution in [0.15, 0.2) is 11.6 Å². The van der Waals surface area contributed by atoms with Gasteiger partial charge in [0.15, 0.2) is 6.10 Å². The lowest BCUT2D eigenvalue weighted by Gasteiger charge is -2.29. The fourth-order valence-corrected chi connectivity index (χ4v) is 1.53. The van der Waals surface area contributed by atoms with E-state index in [2.05, 4.69) is 0 Å². The Balaban J connectivity index is 2.45. The molecule has 0 aromatic heterocycles. The number of nitrogens with zero attached hydrogens (tertiary/aromatic N) is 2. The molecule has 1 atom stereocenters. The third-order valence-corrected chi connectivity index (χ3v) is 2.14. The molecule has 0 radical (unpaired) electrons. The first-order valence-electron chi connectivity index (χ1n) is 4.75. The SMILES string of the molecule is CC(=CC(=O)O)CN1CCOC(C#N)C1. The van der Waals surface area contributed by atoms with Crippen LogP contribution in [0.2, 0.25) is 0 Å². The minimum atomic E-state index is -0.933. The molecular weight excluding hydrogens is 196 g/mol. The summed E-state index contributed by atoms with van der Waals surface area (Å²) in [5.41, 5.74) is 0.779. The quantitative estimate of drug-likeness (QED) is 0.675. The number of carboxylic acids is 1. The van der Waals surface area contributed by atoms with Gasteiger partial charge in [0.05, 0.1) is 12.7 Å². The van der Waals surface area contributed by atoms with Crippen LogP contribution in [-0.2, 0) is 9.53 Å². The van der Waals surface area contributed by atoms with Crippen molar-refractivity contribution < 1.29 is 14.6 Å². The van der Waals surface area contributed by atoms with Gasteiger partial charge < -0.3 is 9.84 Å².